The zero-order chi connectivity index (χ0) is 17.4. The van der Waals surface area contributed by atoms with E-state index in [1.165, 1.54) is 20.7 Å². The molecule has 0 amide bonds. The average molecular weight is 430 g/mol. The Hall–Kier alpha value is -1.96. The molecule has 0 atom stereocenters. The summed E-state index contributed by atoms with van der Waals surface area (Å²) in [6, 6.07) is 15.8. The lowest BCUT2D eigenvalue weighted by Crippen LogP contribution is -2.23. The highest BCUT2D eigenvalue weighted by Crippen LogP contribution is 2.25. The van der Waals surface area contributed by atoms with Crippen molar-refractivity contribution in [1.29, 1.82) is 0 Å². The molecule has 4 aromatic rings. The van der Waals surface area contributed by atoms with Crippen molar-refractivity contribution in [1.82, 2.24) is 14.6 Å². The minimum atomic E-state index is -0.139. The van der Waals surface area contributed by atoms with Crippen molar-refractivity contribution < 1.29 is 0 Å². The van der Waals surface area contributed by atoms with Gasteiger partial charge in [0.05, 0.1) is 4.53 Å². The first-order valence-electron chi connectivity index (χ1n) is 7.46. The number of rotatable bonds is 3. The van der Waals surface area contributed by atoms with Crippen LogP contribution in [0, 0.1) is 0 Å². The van der Waals surface area contributed by atoms with Crippen LogP contribution in [-0.4, -0.2) is 20.9 Å². The molecule has 7 heteroatoms. The fourth-order valence-corrected chi connectivity index (χ4v) is 4.22. The van der Waals surface area contributed by atoms with Crippen LogP contribution in [0.15, 0.2) is 62.7 Å². The van der Waals surface area contributed by atoms with E-state index < -0.39 is 0 Å². The van der Waals surface area contributed by atoms with Gasteiger partial charge in [-0.3, -0.25) is 4.79 Å². The van der Waals surface area contributed by atoms with Gasteiger partial charge in [0.15, 0.2) is 5.82 Å². The van der Waals surface area contributed by atoms with Gasteiger partial charge in [-0.1, -0.05) is 51.5 Å². The van der Waals surface area contributed by atoms with E-state index in [4.69, 9.17) is 0 Å². The Morgan fingerprint density at radius 2 is 1.92 bits per heavy atom. The van der Waals surface area contributed by atoms with Crippen molar-refractivity contribution in [2.75, 3.05) is 6.26 Å². The van der Waals surface area contributed by atoms with Crippen molar-refractivity contribution in [3.63, 3.8) is 0 Å². The second kappa shape index (κ2) is 6.74. The summed E-state index contributed by atoms with van der Waals surface area (Å²) in [7, 11) is 0. The Kier molecular flexibility index (Phi) is 4.45. The lowest BCUT2D eigenvalue weighted by atomic mass is 10.2. The summed E-state index contributed by atoms with van der Waals surface area (Å²) in [4.78, 5) is 18.9. The van der Waals surface area contributed by atoms with Gasteiger partial charge in [-0.15, -0.1) is 16.9 Å². The molecule has 2 aromatic carbocycles. The Morgan fingerprint density at radius 1 is 1.16 bits per heavy atom. The highest BCUT2D eigenvalue weighted by atomic mass is 79.9. The molecule has 0 spiro atoms. The zero-order valence-corrected chi connectivity index (χ0v) is 16.4. The SMILES string of the molecule is CSc1ccc(/C=c2\sc3nc(-c4ccccc4Br)nn3c2=O)cc1. The molecule has 124 valence electrons. The van der Waals surface area contributed by atoms with Crippen LogP contribution >= 0.6 is 39.0 Å². The molecule has 0 N–H and O–H groups in total. The third-order valence-electron chi connectivity index (χ3n) is 3.71. The molecule has 4 nitrogen and oxygen atoms in total. The molecular formula is C18H12BrN3OS2. The van der Waals surface area contributed by atoms with Crippen LogP contribution in [0.25, 0.3) is 22.4 Å². The Bertz CT molecular complexity index is 1170. The number of hydrogen-bond donors (Lipinski definition) is 0. The number of aromatic nitrogens is 3. The summed E-state index contributed by atoms with van der Waals surface area (Å²) in [5.74, 6) is 0.548. The predicted octanol–water partition coefficient (Wildman–Crippen LogP) is 3.85. The highest BCUT2D eigenvalue weighted by molar-refractivity contribution is 9.10. The number of nitrogens with zero attached hydrogens (tertiary/aromatic N) is 3. The third-order valence-corrected chi connectivity index (χ3v) is 6.10. The molecule has 0 saturated carbocycles. The number of hydrogen-bond acceptors (Lipinski definition) is 5. The molecule has 0 saturated heterocycles. The topological polar surface area (TPSA) is 47.3 Å². The average Bonchev–Trinajstić information content (AvgIpc) is 3.16. The Balaban J connectivity index is 1.79. The van der Waals surface area contributed by atoms with Gasteiger partial charge < -0.3 is 0 Å². The van der Waals surface area contributed by atoms with E-state index in [1.54, 1.807) is 11.8 Å². The largest absolute Gasteiger partial charge is 0.291 e. The third kappa shape index (κ3) is 3.15. The van der Waals surface area contributed by atoms with Gasteiger partial charge >= 0.3 is 0 Å². The van der Waals surface area contributed by atoms with Crippen molar-refractivity contribution in [2.24, 2.45) is 0 Å². The second-order valence-corrected chi connectivity index (χ2v) is 8.04. The van der Waals surface area contributed by atoms with Gasteiger partial charge in [-0.2, -0.15) is 9.50 Å². The molecule has 2 heterocycles. The van der Waals surface area contributed by atoms with E-state index >= 15 is 0 Å². The number of thiazole rings is 1. The van der Waals surface area contributed by atoms with Gasteiger partial charge in [0, 0.05) is 14.9 Å². The number of fused-ring (bicyclic) bond motifs is 1. The highest BCUT2D eigenvalue weighted by Gasteiger charge is 2.13. The fourth-order valence-electron chi connectivity index (χ4n) is 2.44. The molecule has 0 unspecified atom stereocenters. The van der Waals surface area contributed by atoms with Crippen LogP contribution in [0.4, 0.5) is 0 Å². The molecule has 0 aliphatic carbocycles. The van der Waals surface area contributed by atoms with Crippen molar-refractivity contribution >= 4 is 50.1 Å². The Morgan fingerprint density at radius 3 is 2.60 bits per heavy atom. The van der Waals surface area contributed by atoms with Gasteiger partial charge in [-0.25, -0.2) is 0 Å². The number of halogens is 1. The maximum atomic E-state index is 12.6. The molecule has 0 bridgehead atoms. The van der Waals surface area contributed by atoms with Crippen LogP contribution in [0.3, 0.4) is 0 Å². The Labute approximate surface area is 160 Å². The van der Waals surface area contributed by atoms with E-state index in [1.807, 2.05) is 60.9 Å². The normalized spacial score (nSPS) is 12.2. The van der Waals surface area contributed by atoms with E-state index in [9.17, 15) is 4.79 Å². The molecule has 4 rings (SSSR count). The summed E-state index contributed by atoms with van der Waals surface area (Å²) < 4.78 is 2.91. The first kappa shape index (κ1) is 16.5. The minimum Gasteiger partial charge on any atom is -0.266 e. The first-order valence-corrected chi connectivity index (χ1v) is 10.3. The maximum Gasteiger partial charge on any atom is 0.291 e. The van der Waals surface area contributed by atoms with Crippen molar-refractivity contribution in [3.8, 4) is 11.4 Å². The maximum absolute atomic E-state index is 12.6. The van der Waals surface area contributed by atoms with Crippen LogP contribution in [0.2, 0.25) is 0 Å². The summed E-state index contributed by atoms with van der Waals surface area (Å²) in [6.07, 6.45) is 3.92. The van der Waals surface area contributed by atoms with E-state index in [2.05, 4.69) is 26.0 Å². The lowest BCUT2D eigenvalue weighted by Gasteiger charge is -1.97. The summed E-state index contributed by atoms with van der Waals surface area (Å²) in [5.41, 5.74) is 1.72. The summed E-state index contributed by atoms with van der Waals surface area (Å²) in [5, 5.41) is 4.38. The first-order chi connectivity index (χ1) is 12.2. The van der Waals surface area contributed by atoms with Crippen molar-refractivity contribution in [3.05, 3.63) is 73.5 Å². The fraction of sp³-hybridized carbons (Fsp3) is 0.0556. The van der Waals surface area contributed by atoms with Crippen LogP contribution < -0.4 is 10.1 Å². The molecule has 2 aromatic heterocycles. The summed E-state index contributed by atoms with van der Waals surface area (Å²) in [6.45, 7) is 0. The molecular weight excluding hydrogens is 418 g/mol. The van der Waals surface area contributed by atoms with E-state index in [0.29, 0.717) is 15.3 Å². The molecule has 0 aliphatic heterocycles. The van der Waals surface area contributed by atoms with E-state index in [0.717, 1.165) is 15.6 Å². The molecule has 0 fully saturated rings. The van der Waals surface area contributed by atoms with Gasteiger partial charge in [0.2, 0.25) is 4.96 Å². The molecule has 25 heavy (non-hydrogen) atoms. The van der Waals surface area contributed by atoms with Gasteiger partial charge in [-0.05, 0) is 42.2 Å². The quantitative estimate of drug-likeness (QED) is 0.464. The standard InChI is InChI=1S/C18H12BrN3OS2/c1-24-12-8-6-11(7-9-12)10-15-17(23)22-18(25-15)20-16(21-22)13-4-2-3-5-14(13)19/h2-10H,1H3/b15-10-. The van der Waals surface area contributed by atoms with Crippen LogP contribution in [0.5, 0.6) is 0 Å². The summed E-state index contributed by atoms with van der Waals surface area (Å²) >= 11 is 6.54. The van der Waals surface area contributed by atoms with Crippen molar-refractivity contribution in [2.45, 2.75) is 4.90 Å². The van der Waals surface area contributed by atoms with Gasteiger partial charge in [0.1, 0.15) is 0 Å². The van der Waals surface area contributed by atoms with Crippen LogP contribution in [0.1, 0.15) is 5.56 Å². The van der Waals surface area contributed by atoms with E-state index in [-0.39, 0.29) is 5.56 Å². The number of thioether (sulfide) groups is 1. The minimum absolute atomic E-state index is 0.139. The lowest BCUT2D eigenvalue weighted by molar-refractivity contribution is 0.936. The smallest absolute Gasteiger partial charge is 0.266 e. The molecule has 0 radical (unpaired) electrons. The monoisotopic (exact) mass is 429 g/mol. The van der Waals surface area contributed by atoms with Crippen LogP contribution in [-0.2, 0) is 0 Å². The number of benzene rings is 2. The molecule has 0 aliphatic rings. The second-order valence-electron chi connectivity index (χ2n) is 5.30. The van der Waals surface area contributed by atoms with Gasteiger partial charge in [0.25, 0.3) is 5.56 Å². The zero-order valence-electron chi connectivity index (χ0n) is 13.1. The predicted molar refractivity (Wildman–Crippen MR) is 107 cm³/mol.